The van der Waals surface area contributed by atoms with Gasteiger partial charge in [-0.1, -0.05) is 45.0 Å². The second kappa shape index (κ2) is 6.17. The van der Waals surface area contributed by atoms with Crippen molar-refractivity contribution < 1.29 is 14.3 Å². The van der Waals surface area contributed by atoms with Crippen LogP contribution < -0.4 is 0 Å². The first-order chi connectivity index (χ1) is 11.7. The van der Waals surface area contributed by atoms with Crippen molar-refractivity contribution >= 4 is 11.8 Å². The van der Waals surface area contributed by atoms with Crippen LogP contribution >= 0.6 is 0 Å². The Balaban J connectivity index is 1.91. The number of hydrogen-bond donors (Lipinski definition) is 1. The topological polar surface area (TPSA) is 59.2 Å². The van der Waals surface area contributed by atoms with Crippen molar-refractivity contribution in [1.29, 1.82) is 0 Å². The molecule has 1 aromatic heterocycles. The SMILES string of the molecule is COC(=O)c1[nH]c2c(c1C)C(=O)CC(c1ccc(C(C)(C)C)cc1)C2. The van der Waals surface area contributed by atoms with E-state index in [0.29, 0.717) is 23.2 Å². The molecule has 0 aliphatic heterocycles. The molecule has 1 heterocycles. The summed E-state index contributed by atoms with van der Waals surface area (Å²) in [7, 11) is 1.35. The molecule has 25 heavy (non-hydrogen) atoms. The first-order valence-corrected chi connectivity index (χ1v) is 8.65. The number of aromatic amines is 1. The van der Waals surface area contributed by atoms with Gasteiger partial charge in [-0.2, -0.15) is 0 Å². The predicted molar refractivity (Wildman–Crippen MR) is 97.4 cm³/mol. The lowest BCUT2D eigenvalue weighted by Gasteiger charge is -2.24. The Labute approximate surface area is 148 Å². The number of ether oxygens (including phenoxy) is 1. The molecule has 132 valence electrons. The van der Waals surface area contributed by atoms with Gasteiger partial charge in [0.2, 0.25) is 0 Å². The molecule has 1 aliphatic carbocycles. The molecule has 0 radical (unpaired) electrons. The van der Waals surface area contributed by atoms with Gasteiger partial charge in [0, 0.05) is 17.7 Å². The monoisotopic (exact) mass is 339 g/mol. The van der Waals surface area contributed by atoms with Gasteiger partial charge in [-0.05, 0) is 41.4 Å². The van der Waals surface area contributed by atoms with E-state index in [-0.39, 0.29) is 17.1 Å². The van der Waals surface area contributed by atoms with Crippen LogP contribution in [0.5, 0.6) is 0 Å². The van der Waals surface area contributed by atoms with Crippen LogP contribution in [0.25, 0.3) is 0 Å². The van der Waals surface area contributed by atoms with E-state index in [4.69, 9.17) is 4.74 Å². The van der Waals surface area contributed by atoms with Crippen LogP contribution in [0.3, 0.4) is 0 Å². The molecule has 4 nitrogen and oxygen atoms in total. The zero-order chi connectivity index (χ0) is 18.4. The van der Waals surface area contributed by atoms with Gasteiger partial charge >= 0.3 is 5.97 Å². The molecule has 4 heteroatoms. The summed E-state index contributed by atoms with van der Waals surface area (Å²) in [5.41, 5.74) is 5.17. The van der Waals surface area contributed by atoms with E-state index in [2.05, 4.69) is 50.0 Å². The first kappa shape index (κ1) is 17.5. The molecule has 1 N–H and O–H groups in total. The van der Waals surface area contributed by atoms with Gasteiger partial charge in [0.25, 0.3) is 0 Å². The lowest BCUT2D eigenvalue weighted by Crippen LogP contribution is -2.19. The van der Waals surface area contributed by atoms with Gasteiger partial charge in [0.05, 0.1) is 7.11 Å². The largest absolute Gasteiger partial charge is 0.464 e. The maximum atomic E-state index is 12.7. The number of benzene rings is 1. The summed E-state index contributed by atoms with van der Waals surface area (Å²) in [4.78, 5) is 27.7. The van der Waals surface area contributed by atoms with Gasteiger partial charge in [-0.3, -0.25) is 4.79 Å². The van der Waals surface area contributed by atoms with Crippen molar-refractivity contribution in [2.45, 2.75) is 51.9 Å². The van der Waals surface area contributed by atoms with Gasteiger partial charge in [0.1, 0.15) is 5.69 Å². The zero-order valence-corrected chi connectivity index (χ0v) is 15.5. The molecule has 0 saturated heterocycles. The average molecular weight is 339 g/mol. The van der Waals surface area contributed by atoms with Crippen molar-refractivity contribution in [3.8, 4) is 0 Å². The van der Waals surface area contributed by atoms with Gasteiger partial charge in [0.15, 0.2) is 5.78 Å². The number of ketones is 1. The number of fused-ring (bicyclic) bond motifs is 1. The quantitative estimate of drug-likeness (QED) is 0.829. The summed E-state index contributed by atoms with van der Waals surface area (Å²) in [6.07, 6.45) is 1.20. The maximum Gasteiger partial charge on any atom is 0.354 e. The Morgan fingerprint density at radius 1 is 1.16 bits per heavy atom. The fourth-order valence-electron chi connectivity index (χ4n) is 3.63. The zero-order valence-electron chi connectivity index (χ0n) is 15.5. The third kappa shape index (κ3) is 3.13. The third-order valence-corrected chi connectivity index (χ3v) is 5.13. The van der Waals surface area contributed by atoms with E-state index < -0.39 is 5.97 Å². The number of aromatic nitrogens is 1. The number of nitrogens with one attached hydrogen (secondary N) is 1. The smallest absolute Gasteiger partial charge is 0.354 e. The molecule has 1 aromatic carbocycles. The Bertz CT molecular complexity index is 822. The molecule has 0 spiro atoms. The Hall–Kier alpha value is -2.36. The minimum absolute atomic E-state index is 0.0926. The van der Waals surface area contributed by atoms with E-state index in [0.717, 1.165) is 12.1 Å². The van der Waals surface area contributed by atoms with E-state index in [1.807, 2.05) is 0 Å². The highest BCUT2D eigenvalue weighted by Crippen LogP contribution is 2.36. The highest BCUT2D eigenvalue weighted by molar-refractivity contribution is 6.03. The molecular weight excluding hydrogens is 314 g/mol. The average Bonchev–Trinajstić information content (AvgIpc) is 2.90. The number of Topliss-reactive ketones (excluding diaryl/α,β-unsaturated/α-hetero) is 1. The van der Waals surface area contributed by atoms with Crippen LogP contribution in [0.15, 0.2) is 24.3 Å². The standard InChI is InChI=1S/C21H25NO3/c1-12-18-16(22-19(12)20(24)25-5)10-14(11-17(18)23)13-6-8-15(9-7-13)21(2,3)4/h6-9,14,22H,10-11H2,1-5H3. The van der Waals surface area contributed by atoms with Gasteiger partial charge in [-0.25, -0.2) is 4.79 Å². The molecule has 0 amide bonds. The maximum absolute atomic E-state index is 12.7. The summed E-state index contributed by atoms with van der Waals surface area (Å²) in [6, 6.07) is 8.55. The summed E-state index contributed by atoms with van der Waals surface area (Å²) >= 11 is 0. The predicted octanol–water partition coefficient (Wildman–Crippen LogP) is 4.32. The first-order valence-electron chi connectivity index (χ1n) is 8.65. The molecular formula is C21H25NO3. The van der Waals surface area contributed by atoms with E-state index >= 15 is 0 Å². The van der Waals surface area contributed by atoms with Crippen LogP contribution in [0.1, 0.15) is 76.3 Å². The number of hydrogen-bond acceptors (Lipinski definition) is 3. The normalized spacial score (nSPS) is 17.3. The molecule has 3 rings (SSSR count). The van der Waals surface area contributed by atoms with Gasteiger partial charge < -0.3 is 9.72 Å². The molecule has 1 atom stereocenters. The molecule has 1 aliphatic rings. The van der Waals surface area contributed by atoms with E-state index in [9.17, 15) is 9.59 Å². The fourth-order valence-corrected chi connectivity index (χ4v) is 3.63. The number of esters is 1. The molecule has 1 unspecified atom stereocenters. The molecule has 0 fully saturated rings. The van der Waals surface area contributed by atoms with Crippen LogP contribution in [0.4, 0.5) is 0 Å². The Kier molecular flexibility index (Phi) is 4.31. The van der Waals surface area contributed by atoms with Crippen LogP contribution in [0.2, 0.25) is 0 Å². The summed E-state index contributed by atoms with van der Waals surface area (Å²) in [6.45, 7) is 8.37. The van der Waals surface area contributed by atoms with Crippen molar-refractivity contribution in [2.24, 2.45) is 0 Å². The highest BCUT2D eigenvalue weighted by Gasteiger charge is 2.32. The molecule has 2 aromatic rings. The summed E-state index contributed by atoms with van der Waals surface area (Å²) in [5.74, 6) is -0.196. The number of rotatable bonds is 2. The van der Waals surface area contributed by atoms with Crippen LogP contribution in [-0.4, -0.2) is 23.8 Å². The van der Waals surface area contributed by atoms with Crippen LogP contribution in [0, 0.1) is 6.92 Å². The summed E-state index contributed by atoms with van der Waals surface area (Å²) in [5, 5.41) is 0. The van der Waals surface area contributed by atoms with Crippen molar-refractivity contribution in [3.05, 3.63) is 57.9 Å². The van der Waals surface area contributed by atoms with E-state index in [1.54, 1.807) is 6.92 Å². The lowest BCUT2D eigenvalue weighted by molar-refractivity contribution is 0.0593. The number of carbonyl (C=O) groups is 2. The second-order valence-electron chi connectivity index (χ2n) is 7.87. The Morgan fingerprint density at radius 2 is 1.80 bits per heavy atom. The fraction of sp³-hybridized carbons (Fsp3) is 0.429. The lowest BCUT2D eigenvalue weighted by atomic mass is 9.80. The van der Waals surface area contributed by atoms with Crippen molar-refractivity contribution in [3.63, 3.8) is 0 Å². The Morgan fingerprint density at radius 3 is 2.36 bits per heavy atom. The number of methoxy groups -OCH3 is 1. The second-order valence-corrected chi connectivity index (χ2v) is 7.87. The van der Waals surface area contributed by atoms with E-state index in [1.165, 1.54) is 18.2 Å². The van der Waals surface area contributed by atoms with Crippen molar-refractivity contribution in [2.75, 3.05) is 7.11 Å². The van der Waals surface area contributed by atoms with Crippen molar-refractivity contribution in [1.82, 2.24) is 4.98 Å². The van der Waals surface area contributed by atoms with Crippen LogP contribution in [-0.2, 0) is 16.6 Å². The highest BCUT2D eigenvalue weighted by atomic mass is 16.5. The molecule has 0 bridgehead atoms. The minimum atomic E-state index is -0.425. The third-order valence-electron chi connectivity index (χ3n) is 5.13. The molecule has 0 saturated carbocycles. The van der Waals surface area contributed by atoms with Gasteiger partial charge in [-0.15, -0.1) is 0 Å². The minimum Gasteiger partial charge on any atom is -0.464 e. The number of carbonyl (C=O) groups excluding carboxylic acids is 2. The summed E-state index contributed by atoms with van der Waals surface area (Å²) < 4.78 is 4.81. The number of H-pyrrole nitrogens is 1.